The highest BCUT2D eigenvalue weighted by Gasteiger charge is 2.19. The fraction of sp³-hybridized carbons (Fsp3) is 0.562. The predicted octanol–water partition coefficient (Wildman–Crippen LogP) is 3.41. The van der Waals surface area contributed by atoms with Gasteiger partial charge in [0.1, 0.15) is 5.75 Å². The lowest BCUT2D eigenvalue weighted by Crippen LogP contribution is -2.40. The van der Waals surface area contributed by atoms with E-state index in [-0.39, 0.29) is 18.0 Å². The topological polar surface area (TPSA) is 50.4 Å². The van der Waals surface area contributed by atoms with Crippen LogP contribution in [0.3, 0.4) is 0 Å². The zero-order valence-electron chi connectivity index (χ0n) is 13.4. The molecule has 1 aromatic rings. The van der Waals surface area contributed by atoms with Gasteiger partial charge >= 0.3 is 0 Å². The molecule has 1 aromatic carbocycles. The molecule has 0 saturated heterocycles. The molecule has 0 aliphatic carbocycles. The number of benzene rings is 1. The first kappa shape index (κ1) is 18.0. The van der Waals surface area contributed by atoms with E-state index in [1.165, 1.54) is 0 Å². The summed E-state index contributed by atoms with van der Waals surface area (Å²) >= 11 is 3.45. The van der Waals surface area contributed by atoms with E-state index in [9.17, 15) is 4.79 Å². The van der Waals surface area contributed by atoms with E-state index < -0.39 is 6.10 Å². The van der Waals surface area contributed by atoms with Crippen LogP contribution in [0.2, 0.25) is 0 Å². The summed E-state index contributed by atoms with van der Waals surface area (Å²) in [4.78, 5) is 12.0. The van der Waals surface area contributed by atoms with Crippen LogP contribution < -0.4 is 15.4 Å². The molecule has 0 aliphatic rings. The van der Waals surface area contributed by atoms with Crippen LogP contribution >= 0.6 is 15.9 Å². The Labute approximate surface area is 135 Å². The molecule has 0 fully saturated rings. The monoisotopic (exact) mass is 356 g/mol. The highest BCUT2D eigenvalue weighted by molar-refractivity contribution is 9.10. The summed E-state index contributed by atoms with van der Waals surface area (Å²) in [7, 11) is 0. The Bertz CT molecular complexity index is 477. The molecule has 118 valence electrons. The van der Waals surface area contributed by atoms with Crippen molar-refractivity contribution in [1.82, 2.24) is 10.6 Å². The van der Waals surface area contributed by atoms with Crippen molar-refractivity contribution in [3.8, 4) is 5.75 Å². The summed E-state index contributed by atoms with van der Waals surface area (Å²) in [6.45, 7) is 10.7. The van der Waals surface area contributed by atoms with Crippen LogP contribution in [0.25, 0.3) is 0 Å². The fourth-order valence-corrected chi connectivity index (χ4v) is 2.37. The standard InChI is InChI=1S/C16H25BrN2O2/c1-6-18-11(4)14-8-7-13(17)9-15(14)21-12(5)16(20)19-10(2)3/h7-12,18H,6H2,1-5H3,(H,19,20). The van der Waals surface area contributed by atoms with Crippen LogP contribution in [0.15, 0.2) is 22.7 Å². The van der Waals surface area contributed by atoms with E-state index in [1.54, 1.807) is 6.92 Å². The van der Waals surface area contributed by atoms with Gasteiger partial charge in [0, 0.05) is 22.1 Å². The second-order valence-corrected chi connectivity index (χ2v) is 6.30. The quantitative estimate of drug-likeness (QED) is 0.786. The van der Waals surface area contributed by atoms with Gasteiger partial charge in [0.05, 0.1) is 0 Å². The van der Waals surface area contributed by atoms with Crippen LogP contribution in [0.5, 0.6) is 5.75 Å². The van der Waals surface area contributed by atoms with Crippen molar-refractivity contribution < 1.29 is 9.53 Å². The molecule has 4 nitrogen and oxygen atoms in total. The molecule has 1 rings (SSSR count). The third-order valence-electron chi connectivity index (χ3n) is 3.06. The van der Waals surface area contributed by atoms with E-state index in [0.29, 0.717) is 0 Å². The van der Waals surface area contributed by atoms with Crippen LogP contribution in [0, 0.1) is 0 Å². The maximum absolute atomic E-state index is 12.0. The van der Waals surface area contributed by atoms with E-state index in [1.807, 2.05) is 32.0 Å². The smallest absolute Gasteiger partial charge is 0.260 e. The number of hydrogen-bond donors (Lipinski definition) is 2. The normalized spacial score (nSPS) is 13.9. The number of halogens is 1. The Kier molecular flexibility index (Phi) is 7.18. The van der Waals surface area contributed by atoms with Crippen LogP contribution in [0.4, 0.5) is 0 Å². The Morgan fingerprint density at radius 3 is 2.52 bits per heavy atom. The number of rotatable bonds is 7. The van der Waals surface area contributed by atoms with Gasteiger partial charge in [-0.15, -0.1) is 0 Å². The van der Waals surface area contributed by atoms with Gasteiger partial charge in [-0.2, -0.15) is 0 Å². The second-order valence-electron chi connectivity index (χ2n) is 5.38. The number of amides is 1. The second kappa shape index (κ2) is 8.39. The van der Waals surface area contributed by atoms with Crippen molar-refractivity contribution >= 4 is 21.8 Å². The fourth-order valence-electron chi connectivity index (χ4n) is 2.03. The molecule has 0 aromatic heterocycles. The Hall–Kier alpha value is -1.07. The van der Waals surface area contributed by atoms with Crippen molar-refractivity contribution in [2.45, 2.75) is 52.8 Å². The number of carbonyl (C=O) groups is 1. The Morgan fingerprint density at radius 1 is 1.29 bits per heavy atom. The minimum absolute atomic E-state index is 0.103. The van der Waals surface area contributed by atoms with Crippen molar-refractivity contribution in [3.05, 3.63) is 28.2 Å². The number of carbonyl (C=O) groups excluding carboxylic acids is 1. The maximum Gasteiger partial charge on any atom is 0.260 e. The lowest BCUT2D eigenvalue weighted by molar-refractivity contribution is -0.127. The molecule has 2 atom stereocenters. The van der Waals surface area contributed by atoms with Crippen molar-refractivity contribution in [2.75, 3.05) is 6.54 Å². The molecule has 0 saturated carbocycles. The third-order valence-corrected chi connectivity index (χ3v) is 3.55. The highest BCUT2D eigenvalue weighted by Crippen LogP contribution is 2.29. The van der Waals surface area contributed by atoms with Gasteiger partial charge in [-0.3, -0.25) is 4.79 Å². The average molecular weight is 357 g/mol. The molecule has 1 amide bonds. The molecule has 2 N–H and O–H groups in total. The molecule has 0 heterocycles. The van der Waals surface area contributed by atoms with Gasteiger partial charge in [-0.05, 0) is 46.4 Å². The van der Waals surface area contributed by atoms with Gasteiger partial charge < -0.3 is 15.4 Å². The number of ether oxygens (including phenoxy) is 1. The summed E-state index contributed by atoms with van der Waals surface area (Å²) in [6.07, 6.45) is -0.533. The number of nitrogens with one attached hydrogen (secondary N) is 2. The van der Waals surface area contributed by atoms with Gasteiger partial charge in [-0.25, -0.2) is 0 Å². The van der Waals surface area contributed by atoms with E-state index in [2.05, 4.69) is 40.4 Å². The van der Waals surface area contributed by atoms with Crippen molar-refractivity contribution in [1.29, 1.82) is 0 Å². The van der Waals surface area contributed by atoms with Crippen LogP contribution in [-0.4, -0.2) is 24.6 Å². The third kappa shape index (κ3) is 5.67. The lowest BCUT2D eigenvalue weighted by atomic mass is 10.1. The largest absolute Gasteiger partial charge is 0.481 e. The first-order valence-corrected chi connectivity index (χ1v) is 8.14. The molecular formula is C16H25BrN2O2. The minimum atomic E-state index is -0.533. The summed E-state index contributed by atoms with van der Waals surface area (Å²) < 4.78 is 6.81. The first-order chi connectivity index (χ1) is 9.85. The average Bonchev–Trinajstić information content (AvgIpc) is 2.38. The van der Waals surface area contributed by atoms with Gasteiger partial charge in [0.25, 0.3) is 5.91 Å². The Morgan fingerprint density at radius 2 is 1.95 bits per heavy atom. The summed E-state index contributed by atoms with van der Waals surface area (Å²) in [6, 6.07) is 6.17. The minimum Gasteiger partial charge on any atom is -0.481 e. The SMILES string of the molecule is CCNC(C)c1ccc(Br)cc1OC(C)C(=O)NC(C)C. The molecule has 21 heavy (non-hydrogen) atoms. The molecule has 0 spiro atoms. The molecule has 0 bridgehead atoms. The molecular weight excluding hydrogens is 332 g/mol. The van der Waals surface area contributed by atoms with Gasteiger partial charge in [0.15, 0.2) is 6.10 Å². The van der Waals surface area contributed by atoms with E-state index in [4.69, 9.17) is 4.74 Å². The highest BCUT2D eigenvalue weighted by atomic mass is 79.9. The zero-order chi connectivity index (χ0) is 16.0. The molecule has 0 aliphatic heterocycles. The van der Waals surface area contributed by atoms with Crippen molar-refractivity contribution in [2.24, 2.45) is 0 Å². The first-order valence-electron chi connectivity index (χ1n) is 7.35. The maximum atomic E-state index is 12.0. The number of hydrogen-bond acceptors (Lipinski definition) is 3. The molecule has 2 unspecified atom stereocenters. The summed E-state index contributed by atoms with van der Waals surface area (Å²) in [5.41, 5.74) is 1.05. The van der Waals surface area contributed by atoms with Crippen LogP contribution in [0.1, 0.15) is 46.2 Å². The van der Waals surface area contributed by atoms with Gasteiger partial charge in [-0.1, -0.05) is 28.9 Å². The summed E-state index contributed by atoms with van der Waals surface area (Å²) in [5.74, 6) is 0.622. The van der Waals surface area contributed by atoms with Crippen LogP contribution in [-0.2, 0) is 4.79 Å². The summed E-state index contributed by atoms with van der Waals surface area (Å²) in [5, 5.41) is 6.22. The molecule has 0 radical (unpaired) electrons. The van der Waals surface area contributed by atoms with E-state index in [0.717, 1.165) is 22.3 Å². The van der Waals surface area contributed by atoms with E-state index >= 15 is 0 Å². The zero-order valence-corrected chi connectivity index (χ0v) is 15.0. The van der Waals surface area contributed by atoms with Gasteiger partial charge in [0.2, 0.25) is 0 Å². The Balaban J connectivity index is 2.90. The molecule has 5 heteroatoms. The van der Waals surface area contributed by atoms with Crippen molar-refractivity contribution in [3.63, 3.8) is 0 Å². The lowest BCUT2D eigenvalue weighted by Gasteiger charge is -2.21. The predicted molar refractivity (Wildman–Crippen MR) is 89.6 cm³/mol.